The Bertz CT molecular complexity index is 557. The van der Waals surface area contributed by atoms with Gasteiger partial charge in [0.25, 0.3) is 5.56 Å². The predicted molar refractivity (Wildman–Crippen MR) is 65.1 cm³/mol. The number of ether oxygens (including phenoxy) is 1. The summed E-state index contributed by atoms with van der Waals surface area (Å²) in [6.45, 7) is 2.78. The molecule has 1 heterocycles. The summed E-state index contributed by atoms with van der Waals surface area (Å²) in [4.78, 5) is 11.8. The van der Waals surface area contributed by atoms with Gasteiger partial charge in [-0.15, -0.1) is 0 Å². The third-order valence-corrected chi connectivity index (χ3v) is 2.64. The quantitative estimate of drug-likeness (QED) is 0.790. The maximum atomic E-state index is 11.8. The van der Waals surface area contributed by atoms with Crippen LogP contribution in [0.3, 0.4) is 0 Å². The molecule has 3 heteroatoms. The van der Waals surface area contributed by atoms with Gasteiger partial charge < -0.3 is 9.30 Å². The number of methoxy groups -OCH3 is 1. The number of nitrogens with zero attached hydrogens (tertiary/aromatic N) is 1. The van der Waals surface area contributed by atoms with Gasteiger partial charge in [-0.05, 0) is 18.6 Å². The number of pyridine rings is 1. The van der Waals surface area contributed by atoms with E-state index in [1.807, 2.05) is 24.3 Å². The molecule has 0 spiro atoms. The van der Waals surface area contributed by atoms with Gasteiger partial charge in [-0.1, -0.05) is 19.1 Å². The van der Waals surface area contributed by atoms with E-state index < -0.39 is 0 Å². The lowest BCUT2D eigenvalue weighted by Crippen LogP contribution is -2.19. The van der Waals surface area contributed by atoms with Crippen molar-refractivity contribution in [3.8, 4) is 5.75 Å². The molecule has 3 nitrogen and oxygen atoms in total. The lowest BCUT2D eigenvalue weighted by molar-refractivity contribution is 0.416. The van der Waals surface area contributed by atoms with Gasteiger partial charge in [-0.2, -0.15) is 0 Å². The van der Waals surface area contributed by atoms with E-state index in [0.717, 1.165) is 29.6 Å². The molecule has 0 amide bonds. The fourth-order valence-electron chi connectivity index (χ4n) is 1.93. The van der Waals surface area contributed by atoms with Gasteiger partial charge in [0.15, 0.2) is 0 Å². The maximum absolute atomic E-state index is 11.8. The van der Waals surface area contributed by atoms with Crippen molar-refractivity contribution in [1.29, 1.82) is 0 Å². The van der Waals surface area contributed by atoms with Crippen LogP contribution in [0.4, 0.5) is 0 Å². The van der Waals surface area contributed by atoms with Crippen LogP contribution in [-0.2, 0) is 6.54 Å². The van der Waals surface area contributed by atoms with Crippen molar-refractivity contribution in [1.82, 2.24) is 4.57 Å². The van der Waals surface area contributed by atoms with E-state index in [1.165, 1.54) is 0 Å². The molecule has 0 unspecified atom stereocenters. The van der Waals surface area contributed by atoms with E-state index in [0.29, 0.717) is 0 Å². The Morgan fingerprint density at radius 3 is 2.75 bits per heavy atom. The van der Waals surface area contributed by atoms with Crippen molar-refractivity contribution in [2.75, 3.05) is 7.11 Å². The first-order valence-corrected chi connectivity index (χ1v) is 5.44. The Morgan fingerprint density at radius 2 is 2.06 bits per heavy atom. The molecule has 0 saturated heterocycles. The highest BCUT2D eigenvalue weighted by Gasteiger charge is 2.07. The smallest absolute Gasteiger partial charge is 0.251 e. The molecule has 1 aromatic carbocycles. The molecule has 0 aliphatic rings. The molecule has 2 aromatic rings. The monoisotopic (exact) mass is 217 g/mol. The van der Waals surface area contributed by atoms with Crippen LogP contribution in [0.15, 0.2) is 35.1 Å². The second-order valence-corrected chi connectivity index (χ2v) is 3.72. The molecule has 0 saturated carbocycles. The fraction of sp³-hybridized carbons (Fsp3) is 0.308. The normalized spacial score (nSPS) is 10.6. The zero-order valence-electron chi connectivity index (χ0n) is 9.56. The Balaban J connectivity index is 2.83. The lowest BCUT2D eigenvalue weighted by Gasteiger charge is -2.12. The highest BCUT2D eigenvalue weighted by atomic mass is 16.5. The second-order valence-electron chi connectivity index (χ2n) is 3.72. The first kappa shape index (κ1) is 10.7. The van der Waals surface area contributed by atoms with Gasteiger partial charge in [0.2, 0.25) is 0 Å². The Hall–Kier alpha value is -1.77. The molecule has 0 fully saturated rings. The average Bonchev–Trinajstić information content (AvgIpc) is 2.32. The molecule has 16 heavy (non-hydrogen) atoms. The SMILES string of the molecule is CCCn1c(=O)ccc2cccc(OC)c21. The minimum atomic E-state index is 0.0267. The van der Waals surface area contributed by atoms with E-state index in [4.69, 9.17) is 4.74 Å². The molecule has 0 aliphatic heterocycles. The van der Waals surface area contributed by atoms with Crippen LogP contribution in [0.2, 0.25) is 0 Å². The third-order valence-electron chi connectivity index (χ3n) is 2.64. The average molecular weight is 217 g/mol. The maximum Gasteiger partial charge on any atom is 0.251 e. The van der Waals surface area contributed by atoms with Crippen molar-refractivity contribution >= 4 is 10.9 Å². The molecule has 0 bridgehead atoms. The summed E-state index contributed by atoms with van der Waals surface area (Å²) in [6.07, 6.45) is 0.928. The van der Waals surface area contributed by atoms with Crippen LogP contribution in [0, 0.1) is 0 Å². The van der Waals surface area contributed by atoms with E-state index in [-0.39, 0.29) is 5.56 Å². The number of benzene rings is 1. The molecular weight excluding hydrogens is 202 g/mol. The van der Waals surface area contributed by atoms with E-state index >= 15 is 0 Å². The van der Waals surface area contributed by atoms with Gasteiger partial charge in [0, 0.05) is 18.0 Å². The van der Waals surface area contributed by atoms with Gasteiger partial charge in [0.1, 0.15) is 5.75 Å². The molecule has 1 aromatic heterocycles. The number of hydrogen-bond acceptors (Lipinski definition) is 2. The molecule has 2 rings (SSSR count). The number of rotatable bonds is 3. The van der Waals surface area contributed by atoms with E-state index in [2.05, 4.69) is 6.92 Å². The summed E-state index contributed by atoms with van der Waals surface area (Å²) in [6, 6.07) is 9.25. The molecule has 0 aliphatic carbocycles. The van der Waals surface area contributed by atoms with Crippen molar-refractivity contribution in [2.45, 2.75) is 19.9 Å². The number of aromatic nitrogens is 1. The van der Waals surface area contributed by atoms with E-state index in [1.54, 1.807) is 17.7 Å². The van der Waals surface area contributed by atoms with Crippen molar-refractivity contribution in [3.63, 3.8) is 0 Å². The van der Waals surface area contributed by atoms with Crippen LogP contribution in [0.1, 0.15) is 13.3 Å². The topological polar surface area (TPSA) is 31.2 Å². The highest BCUT2D eigenvalue weighted by molar-refractivity contribution is 5.84. The molecule has 0 radical (unpaired) electrons. The Kier molecular flexibility index (Phi) is 2.95. The zero-order chi connectivity index (χ0) is 11.5. The van der Waals surface area contributed by atoms with Gasteiger partial charge in [0.05, 0.1) is 12.6 Å². The van der Waals surface area contributed by atoms with Crippen molar-refractivity contribution in [3.05, 3.63) is 40.7 Å². The van der Waals surface area contributed by atoms with Gasteiger partial charge in [-0.3, -0.25) is 4.79 Å². The lowest BCUT2D eigenvalue weighted by atomic mass is 10.2. The highest BCUT2D eigenvalue weighted by Crippen LogP contribution is 2.23. The molecule has 0 atom stereocenters. The first-order chi connectivity index (χ1) is 7.77. The first-order valence-electron chi connectivity index (χ1n) is 5.44. The number of hydrogen-bond donors (Lipinski definition) is 0. The molecular formula is C13H15NO2. The van der Waals surface area contributed by atoms with Gasteiger partial charge in [-0.25, -0.2) is 0 Å². The number of aryl methyl sites for hydroxylation is 1. The standard InChI is InChI=1S/C13H15NO2/c1-3-9-14-12(15)8-7-10-5-4-6-11(16-2)13(10)14/h4-8H,3,9H2,1-2H3. The largest absolute Gasteiger partial charge is 0.495 e. The zero-order valence-corrected chi connectivity index (χ0v) is 9.56. The summed E-state index contributed by atoms with van der Waals surface area (Å²) in [7, 11) is 1.63. The Labute approximate surface area is 94.3 Å². The summed E-state index contributed by atoms with van der Waals surface area (Å²) < 4.78 is 7.08. The van der Waals surface area contributed by atoms with Crippen molar-refractivity contribution < 1.29 is 4.74 Å². The molecule has 84 valence electrons. The summed E-state index contributed by atoms with van der Waals surface area (Å²) in [5, 5.41) is 1.03. The van der Waals surface area contributed by atoms with Crippen LogP contribution in [0.25, 0.3) is 10.9 Å². The third kappa shape index (κ3) is 1.69. The van der Waals surface area contributed by atoms with Crippen molar-refractivity contribution in [2.24, 2.45) is 0 Å². The summed E-state index contributed by atoms with van der Waals surface area (Å²) >= 11 is 0. The molecule has 0 N–H and O–H groups in total. The van der Waals surface area contributed by atoms with Crippen LogP contribution in [0.5, 0.6) is 5.75 Å². The van der Waals surface area contributed by atoms with Gasteiger partial charge >= 0.3 is 0 Å². The van der Waals surface area contributed by atoms with Crippen LogP contribution in [-0.4, -0.2) is 11.7 Å². The fourth-order valence-corrected chi connectivity index (χ4v) is 1.93. The summed E-state index contributed by atoms with van der Waals surface area (Å²) in [5.74, 6) is 0.753. The summed E-state index contributed by atoms with van der Waals surface area (Å²) in [5.41, 5.74) is 0.915. The second kappa shape index (κ2) is 4.39. The minimum Gasteiger partial charge on any atom is -0.495 e. The Morgan fingerprint density at radius 1 is 1.25 bits per heavy atom. The predicted octanol–water partition coefficient (Wildman–Crippen LogP) is 2.42. The van der Waals surface area contributed by atoms with E-state index in [9.17, 15) is 4.79 Å². The number of fused-ring (bicyclic) bond motifs is 1. The number of para-hydroxylation sites is 1. The minimum absolute atomic E-state index is 0.0267. The van der Waals surface area contributed by atoms with Crippen LogP contribution < -0.4 is 10.3 Å². The van der Waals surface area contributed by atoms with Crippen LogP contribution >= 0.6 is 0 Å².